The number of anilines is 1. The summed E-state index contributed by atoms with van der Waals surface area (Å²) in [6.07, 6.45) is -1.76. The van der Waals surface area contributed by atoms with Gasteiger partial charge in [0.05, 0.1) is 5.52 Å². The standard InChI is InChI=1S/C14H16F2N2/c1-3-9-6-5-7-10-11(17-4-2)8-12(14(15)16)18-13(9)10/h5-8,14H,3-4H2,1-2H3,(H,17,18). The lowest BCUT2D eigenvalue weighted by molar-refractivity contribution is 0.146. The molecule has 0 amide bonds. The number of fused-ring (bicyclic) bond motifs is 1. The van der Waals surface area contributed by atoms with Crippen molar-refractivity contribution in [2.45, 2.75) is 26.7 Å². The van der Waals surface area contributed by atoms with Crippen molar-refractivity contribution < 1.29 is 8.78 Å². The number of nitrogens with zero attached hydrogens (tertiary/aromatic N) is 1. The van der Waals surface area contributed by atoms with Crippen LogP contribution in [0.1, 0.15) is 31.5 Å². The van der Waals surface area contributed by atoms with Crippen LogP contribution in [0.3, 0.4) is 0 Å². The van der Waals surface area contributed by atoms with Crippen molar-refractivity contribution >= 4 is 16.6 Å². The van der Waals surface area contributed by atoms with Gasteiger partial charge >= 0.3 is 0 Å². The summed E-state index contributed by atoms with van der Waals surface area (Å²) in [5.41, 5.74) is 2.23. The summed E-state index contributed by atoms with van der Waals surface area (Å²) in [5, 5.41) is 4.03. The van der Waals surface area contributed by atoms with Gasteiger partial charge in [0.1, 0.15) is 5.69 Å². The Morgan fingerprint density at radius 2 is 2.06 bits per heavy atom. The number of pyridine rings is 1. The molecule has 18 heavy (non-hydrogen) atoms. The van der Waals surface area contributed by atoms with Gasteiger partial charge < -0.3 is 5.32 Å². The lowest BCUT2D eigenvalue weighted by Crippen LogP contribution is -2.02. The Kier molecular flexibility index (Phi) is 3.75. The van der Waals surface area contributed by atoms with Crippen molar-refractivity contribution in [3.63, 3.8) is 0 Å². The minimum Gasteiger partial charge on any atom is -0.385 e. The molecule has 4 heteroatoms. The topological polar surface area (TPSA) is 24.9 Å². The first-order valence-electron chi connectivity index (χ1n) is 6.12. The number of aryl methyl sites for hydroxylation is 1. The van der Waals surface area contributed by atoms with E-state index < -0.39 is 6.43 Å². The third-order valence-corrected chi connectivity index (χ3v) is 2.91. The number of nitrogens with one attached hydrogen (secondary N) is 1. The molecule has 0 aliphatic heterocycles. The van der Waals surface area contributed by atoms with Crippen LogP contribution in [0.5, 0.6) is 0 Å². The van der Waals surface area contributed by atoms with E-state index in [1.807, 2.05) is 32.0 Å². The maximum Gasteiger partial charge on any atom is 0.280 e. The van der Waals surface area contributed by atoms with Crippen molar-refractivity contribution in [3.05, 3.63) is 35.5 Å². The summed E-state index contributed by atoms with van der Waals surface area (Å²) >= 11 is 0. The summed E-state index contributed by atoms with van der Waals surface area (Å²) in [4.78, 5) is 4.10. The molecule has 2 nitrogen and oxygen atoms in total. The van der Waals surface area contributed by atoms with Crippen molar-refractivity contribution in [2.75, 3.05) is 11.9 Å². The zero-order chi connectivity index (χ0) is 13.1. The summed E-state index contributed by atoms with van der Waals surface area (Å²) in [7, 11) is 0. The number of hydrogen-bond acceptors (Lipinski definition) is 2. The molecule has 0 bridgehead atoms. The number of halogens is 2. The SMILES string of the molecule is CCNc1cc(C(F)F)nc2c(CC)cccc12. The van der Waals surface area contributed by atoms with Gasteiger partial charge in [-0.05, 0) is 25.0 Å². The van der Waals surface area contributed by atoms with Gasteiger partial charge in [-0.3, -0.25) is 0 Å². The average Bonchev–Trinajstić information content (AvgIpc) is 2.38. The van der Waals surface area contributed by atoms with Crippen LogP contribution in [0, 0.1) is 0 Å². The quantitative estimate of drug-likeness (QED) is 0.881. The van der Waals surface area contributed by atoms with E-state index in [1.54, 1.807) is 0 Å². The van der Waals surface area contributed by atoms with Gasteiger partial charge in [0.15, 0.2) is 0 Å². The normalized spacial score (nSPS) is 11.2. The highest BCUT2D eigenvalue weighted by Gasteiger charge is 2.14. The Bertz CT molecular complexity index is 553. The van der Waals surface area contributed by atoms with Crippen molar-refractivity contribution in [1.82, 2.24) is 4.98 Å². The van der Waals surface area contributed by atoms with Gasteiger partial charge in [-0.2, -0.15) is 0 Å². The summed E-state index contributed by atoms with van der Waals surface area (Å²) < 4.78 is 25.7. The second-order valence-corrected chi connectivity index (χ2v) is 4.09. The molecule has 1 aromatic carbocycles. The fourth-order valence-electron chi connectivity index (χ4n) is 2.06. The van der Waals surface area contributed by atoms with Crippen LogP contribution in [-0.4, -0.2) is 11.5 Å². The Morgan fingerprint density at radius 1 is 1.28 bits per heavy atom. The molecule has 0 aliphatic rings. The molecule has 0 saturated carbocycles. The molecule has 1 aromatic heterocycles. The van der Waals surface area contributed by atoms with Gasteiger partial charge in [-0.15, -0.1) is 0 Å². The number of rotatable bonds is 4. The third kappa shape index (κ3) is 2.28. The minimum absolute atomic E-state index is 0.167. The zero-order valence-corrected chi connectivity index (χ0v) is 10.5. The molecule has 2 rings (SSSR count). The molecular formula is C14H16F2N2. The molecule has 0 fully saturated rings. The Hall–Kier alpha value is -1.71. The third-order valence-electron chi connectivity index (χ3n) is 2.91. The van der Waals surface area contributed by atoms with Gasteiger partial charge in [0.2, 0.25) is 0 Å². The van der Waals surface area contributed by atoms with Gasteiger partial charge in [-0.1, -0.05) is 25.1 Å². The predicted octanol–water partition coefficient (Wildman–Crippen LogP) is 4.17. The van der Waals surface area contributed by atoms with Gasteiger partial charge in [0.25, 0.3) is 6.43 Å². The van der Waals surface area contributed by atoms with Crippen LogP contribution < -0.4 is 5.32 Å². The first-order chi connectivity index (χ1) is 8.67. The first kappa shape index (κ1) is 12.7. The molecule has 0 spiro atoms. The summed E-state index contributed by atoms with van der Waals surface area (Å²) in [6.45, 7) is 4.63. The maximum atomic E-state index is 12.9. The van der Waals surface area contributed by atoms with E-state index in [2.05, 4.69) is 10.3 Å². The molecular weight excluding hydrogens is 234 g/mol. The molecule has 0 radical (unpaired) electrons. The van der Waals surface area contributed by atoms with Crippen LogP contribution in [0.2, 0.25) is 0 Å². The van der Waals surface area contributed by atoms with E-state index in [0.29, 0.717) is 12.1 Å². The Morgan fingerprint density at radius 3 is 2.67 bits per heavy atom. The highest BCUT2D eigenvalue weighted by atomic mass is 19.3. The molecule has 0 atom stereocenters. The summed E-state index contributed by atoms with van der Waals surface area (Å²) in [5.74, 6) is 0. The predicted molar refractivity (Wildman–Crippen MR) is 70.2 cm³/mol. The zero-order valence-electron chi connectivity index (χ0n) is 10.5. The molecule has 1 heterocycles. The maximum absolute atomic E-state index is 12.9. The number of para-hydroxylation sites is 1. The lowest BCUT2D eigenvalue weighted by Gasteiger charge is -2.12. The number of benzene rings is 1. The van der Waals surface area contributed by atoms with Crippen molar-refractivity contribution in [3.8, 4) is 0 Å². The number of hydrogen-bond donors (Lipinski definition) is 1. The monoisotopic (exact) mass is 250 g/mol. The van der Waals surface area contributed by atoms with Crippen LogP contribution in [-0.2, 0) is 6.42 Å². The fraction of sp³-hybridized carbons (Fsp3) is 0.357. The van der Waals surface area contributed by atoms with Gasteiger partial charge in [-0.25, -0.2) is 13.8 Å². The molecule has 0 saturated heterocycles. The second-order valence-electron chi connectivity index (χ2n) is 4.09. The van der Waals surface area contributed by atoms with Gasteiger partial charge in [0, 0.05) is 17.6 Å². The van der Waals surface area contributed by atoms with Crippen LogP contribution in [0.4, 0.5) is 14.5 Å². The lowest BCUT2D eigenvalue weighted by atomic mass is 10.1. The second kappa shape index (κ2) is 5.29. The number of alkyl halides is 2. The molecule has 0 aliphatic carbocycles. The Balaban J connectivity index is 2.72. The van der Waals surface area contributed by atoms with E-state index in [0.717, 1.165) is 23.1 Å². The van der Waals surface area contributed by atoms with E-state index in [9.17, 15) is 8.78 Å². The first-order valence-corrected chi connectivity index (χ1v) is 6.12. The molecule has 2 aromatic rings. The van der Waals surface area contributed by atoms with E-state index in [4.69, 9.17) is 0 Å². The van der Waals surface area contributed by atoms with Crippen LogP contribution in [0.25, 0.3) is 10.9 Å². The highest BCUT2D eigenvalue weighted by Crippen LogP contribution is 2.29. The number of aromatic nitrogens is 1. The van der Waals surface area contributed by atoms with Crippen LogP contribution in [0.15, 0.2) is 24.3 Å². The highest BCUT2D eigenvalue weighted by molar-refractivity contribution is 5.93. The minimum atomic E-state index is -2.54. The largest absolute Gasteiger partial charge is 0.385 e. The van der Waals surface area contributed by atoms with Crippen molar-refractivity contribution in [2.24, 2.45) is 0 Å². The molecule has 96 valence electrons. The fourth-order valence-corrected chi connectivity index (χ4v) is 2.06. The average molecular weight is 250 g/mol. The summed E-state index contributed by atoms with van der Waals surface area (Å²) in [6, 6.07) is 7.22. The van der Waals surface area contributed by atoms with Crippen LogP contribution >= 0.6 is 0 Å². The van der Waals surface area contributed by atoms with E-state index >= 15 is 0 Å². The van der Waals surface area contributed by atoms with E-state index in [-0.39, 0.29) is 5.69 Å². The molecule has 1 N–H and O–H groups in total. The smallest absolute Gasteiger partial charge is 0.280 e. The van der Waals surface area contributed by atoms with Crippen molar-refractivity contribution in [1.29, 1.82) is 0 Å². The van der Waals surface area contributed by atoms with E-state index in [1.165, 1.54) is 6.07 Å². The molecule has 0 unspecified atom stereocenters. The Labute approximate surface area is 105 Å².